The molecule has 37 heavy (non-hydrogen) atoms. The van der Waals surface area contributed by atoms with Crippen LogP contribution in [0.1, 0.15) is 56.6 Å². The number of nitrogens with zero attached hydrogens (tertiary/aromatic N) is 2. The fraction of sp³-hybridized carbons (Fsp3) is 0.481. The number of hydrogen-bond acceptors (Lipinski definition) is 4. The zero-order chi connectivity index (χ0) is 27.2. The van der Waals surface area contributed by atoms with Gasteiger partial charge in [-0.3, -0.25) is 13.9 Å². The molecule has 1 atom stereocenters. The quantitative estimate of drug-likeness (QED) is 0.492. The lowest BCUT2D eigenvalue weighted by molar-refractivity contribution is -0.140. The molecule has 2 aromatic carbocycles. The van der Waals surface area contributed by atoms with E-state index in [9.17, 15) is 26.8 Å². The van der Waals surface area contributed by atoms with Crippen LogP contribution in [0.2, 0.25) is 0 Å². The molecule has 0 radical (unpaired) electrons. The van der Waals surface area contributed by atoms with Gasteiger partial charge in [-0.1, -0.05) is 50.5 Å². The predicted molar refractivity (Wildman–Crippen MR) is 139 cm³/mol. The largest absolute Gasteiger partial charge is 0.352 e. The van der Waals surface area contributed by atoms with E-state index >= 15 is 0 Å². The van der Waals surface area contributed by atoms with Gasteiger partial charge in [-0.15, -0.1) is 0 Å². The first kappa shape index (κ1) is 28.6. The number of aryl methyl sites for hydroxylation is 1. The molecule has 1 fully saturated rings. The Balaban J connectivity index is 1.93. The van der Waals surface area contributed by atoms with Crippen molar-refractivity contribution in [1.29, 1.82) is 0 Å². The van der Waals surface area contributed by atoms with Gasteiger partial charge in [0.05, 0.1) is 11.9 Å². The molecule has 1 N–H and O–H groups in total. The van der Waals surface area contributed by atoms with Crippen molar-refractivity contribution in [2.24, 2.45) is 0 Å². The molecule has 7 nitrogen and oxygen atoms in total. The van der Waals surface area contributed by atoms with Gasteiger partial charge in [0.25, 0.3) is 0 Å². The summed E-state index contributed by atoms with van der Waals surface area (Å²) < 4.78 is 53.3. The van der Waals surface area contributed by atoms with Crippen LogP contribution in [-0.2, 0) is 26.2 Å². The highest BCUT2D eigenvalue weighted by Gasteiger charge is 2.33. The Labute approximate surface area is 217 Å². The van der Waals surface area contributed by atoms with Gasteiger partial charge < -0.3 is 10.2 Å². The Morgan fingerprint density at radius 3 is 2.32 bits per heavy atom. The Hall–Kier alpha value is -3.01. The van der Waals surface area contributed by atoms with Crippen LogP contribution < -0.4 is 9.62 Å². The Morgan fingerprint density at radius 2 is 1.73 bits per heavy atom. The van der Waals surface area contributed by atoms with E-state index in [0.29, 0.717) is 6.42 Å². The molecule has 1 aliphatic rings. The Bertz CT molecular complexity index is 1220. The van der Waals surface area contributed by atoms with E-state index in [-0.39, 0.29) is 24.2 Å². The van der Waals surface area contributed by atoms with Gasteiger partial charge in [0.1, 0.15) is 12.6 Å². The number of nitrogens with one attached hydrogen (secondary N) is 1. The van der Waals surface area contributed by atoms with Crippen molar-refractivity contribution in [3.63, 3.8) is 0 Å². The van der Waals surface area contributed by atoms with Gasteiger partial charge in [0.2, 0.25) is 21.8 Å². The van der Waals surface area contributed by atoms with Crippen molar-refractivity contribution < 1.29 is 26.8 Å². The van der Waals surface area contributed by atoms with Crippen LogP contribution in [0.15, 0.2) is 42.5 Å². The molecule has 0 unspecified atom stereocenters. The van der Waals surface area contributed by atoms with Gasteiger partial charge in [0.15, 0.2) is 11.6 Å². The molecule has 0 heterocycles. The van der Waals surface area contributed by atoms with Crippen LogP contribution in [0.25, 0.3) is 0 Å². The first-order valence-electron chi connectivity index (χ1n) is 12.6. The third kappa shape index (κ3) is 7.50. The molecular formula is C27H35F2N3O4S. The summed E-state index contributed by atoms with van der Waals surface area (Å²) >= 11 is 0. The molecule has 0 bridgehead atoms. The van der Waals surface area contributed by atoms with Gasteiger partial charge in [-0.2, -0.15) is 0 Å². The molecule has 0 aliphatic heterocycles. The van der Waals surface area contributed by atoms with E-state index in [1.165, 1.54) is 4.90 Å². The fourth-order valence-corrected chi connectivity index (χ4v) is 5.53. The first-order chi connectivity index (χ1) is 17.5. The molecule has 2 aromatic rings. The normalized spacial score (nSPS) is 15.2. The number of halogens is 2. The number of carbonyl (C=O) groups excluding carboxylic acids is 2. The molecule has 0 spiro atoms. The lowest BCUT2D eigenvalue weighted by atomic mass is 9.95. The smallest absolute Gasteiger partial charge is 0.244 e. The van der Waals surface area contributed by atoms with Crippen molar-refractivity contribution >= 4 is 27.5 Å². The van der Waals surface area contributed by atoms with Crippen molar-refractivity contribution in [2.45, 2.75) is 71.0 Å². The maximum absolute atomic E-state index is 13.9. The number of sulfonamides is 1. The highest BCUT2D eigenvalue weighted by atomic mass is 32.2. The van der Waals surface area contributed by atoms with Gasteiger partial charge >= 0.3 is 0 Å². The maximum atomic E-state index is 13.9. The van der Waals surface area contributed by atoms with Crippen molar-refractivity contribution in [1.82, 2.24) is 10.2 Å². The second-order valence-corrected chi connectivity index (χ2v) is 11.5. The lowest BCUT2D eigenvalue weighted by Gasteiger charge is -2.34. The average molecular weight is 536 g/mol. The minimum atomic E-state index is -4.04. The molecule has 1 aliphatic carbocycles. The fourth-order valence-electron chi connectivity index (χ4n) is 4.69. The van der Waals surface area contributed by atoms with Crippen molar-refractivity contribution in [3.8, 4) is 0 Å². The van der Waals surface area contributed by atoms with E-state index in [0.717, 1.165) is 72.0 Å². The number of carbonyl (C=O) groups is 2. The van der Waals surface area contributed by atoms with Gasteiger partial charge in [-0.05, 0) is 49.4 Å². The maximum Gasteiger partial charge on any atom is 0.244 e. The van der Waals surface area contributed by atoms with E-state index in [4.69, 9.17) is 0 Å². The van der Waals surface area contributed by atoms with E-state index in [1.54, 1.807) is 6.92 Å². The molecule has 3 rings (SSSR count). The van der Waals surface area contributed by atoms with E-state index in [1.807, 2.05) is 31.2 Å². The van der Waals surface area contributed by atoms with Crippen molar-refractivity contribution in [2.75, 3.05) is 17.1 Å². The molecule has 202 valence electrons. The molecule has 0 saturated heterocycles. The monoisotopic (exact) mass is 535 g/mol. The molecule has 10 heteroatoms. The highest BCUT2D eigenvalue weighted by molar-refractivity contribution is 7.92. The zero-order valence-corrected chi connectivity index (χ0v) is 22.4. The average Bonchev–Trinajstić information content (AvgIpc) is 2.85. The van der Waals surface area contributed by atoms with Crippen LogP contribution in [0, 0.1) is 18.6 Å². The summed E-state index contributed by atoms with van der Waals surface area (Å²) in [6.45, 7) is 3.12. The molecule has 1 saturated carbocycles. The summed E-state index contributed by atoms with van der Waals surface area (Å²) in [5.74, 6) is -3.26. The summed E-state index contributed by atoms with van der Waals surface area (Å²) in [5, 5.41) is 3.08. The van der Waals surface area contributed by atoms with Gasteiger partial charge in [0, 0.05) is 18.7 Å². The summed E-state index contributed by atoms with van der Waals surface area (Å²) in [6, 6.07) is 9.31. The highest BCUT2D eigenvalue weighted by Crippen LogP contribution is 2.23. The van der Waals surface area contributed by atoms with Crippen molar-refractivity contribution in [3.05, 3.63) is 65.2 Å². The van der Waals surface area contributed by atoms with E-state index < -0.39 is 40.2 Å². The lowest BCUT2D eigenvalue weighted by Crippen LogP contribution is -2.54. The first-order valence-corrected chi connectivity index (χ1v) is 14.4. The third-order valence-corrected chi connectivity index (χ3v) is 7.95. The summed E-state index contributed by atoms with van der Waals surface area (Å²) in [5.41, 5.74) is 1.56. The number of hydrogen-bond donors (Lipinski definition) is 1. The minimum Gasteiger partial charge on any atom is -0.352 e. The molecule has 0 aromatic heterocycles. The number of anilines is 1. The van der Waals surface area contributed by atoms with E-state index in [2.05, 4.69) is 5.32 Å². The minimum absolute atomic E-state index is 0.0421. The SMILES string of the molecule is CC[C@@H](C(=O)NC1CCCCC1)N(Cc1ccccc1C)C(=O)CN(c1ccc(F)c(F)c1)S(C)(=O)=O. The summed E-state index contributed by atoms with van der Waals surface area (Å²) in [4.78, 5) is 28.5. The van der Waals surface area contributed by atoms with Crippen LogP contribution in [0.4, 0.5) is 14.5 Å². The zero-order valence-electron chi connectivity index (χ0n) is 21.5. The van der Waals surface area contributed by atoms with Crippen LogP contribution in [0.3, 0.4) is 0 Å². The number of benzene rings is 2. The number of rotatable bonds is 10. The molecular weight excluding hydrogens is 500 g/mol. The van der Waals surface area contributed by atoms with Gasteiger partial charge in [-0.25, -0.2) is 17.2 Å². The van der Waals surface area contributed by atoms with Crippen LogP contribution >= 0.6 is 0 Å². The third-order valence-electron chi connectivity index (χ3n) is 6.81. The summed E-state index contributed by atoms with van der Waals surface area (Å²) in [6.07, 6.45) is 6.17. The van der Waals surface area contributed by atoms with Crippen LogP contribution in [-0.4, -0.2) is 50.0 Å². The summed E-state index contributed by atoms with van der Waals surface area (Å²) in [7, 11) is -4.04. The second-order valence-electron chi connectivity index (χ2n) is 9.58. The van der Waals surface area contributed by atoms with Crippen LogP contribution in [0.5, 0.6) is 0 Å². The Kier molecular flexibility index (Phi) is 9.64. The number of amides is 2. The second kappa shape index (κ2) is 12.5. The topological polar surface area (TPSA) is 86.8 Å². The Morgan fingerprint density at radius 1 is 1.05 bits per heavy atom. The standard InChI is InChI=1S/C27H35F2N3O4S/c1-4-25(27(34)30-21-12-6-5-7-13-21)31(17-20-11-9-8-10-19(20)2)26(33)18-32(37(3,35)36)22-14-15-23(28)24(29)16-22/h8-11,14-16,21,25H,4-7,12-13,17-18H2,1-3H3,(H,30,34)/t25-/m0/s1. The molecule has 2 amide bonds. The predicted octanol–water partition coefficient (Wildman–Crippen LogP) is 4.30.